The smallest absolute Gasteiger partial charge is 0.324 e. The second kappa shape index (κ2) is 5.75. The zero-order chi connectivity index (χ0) is 14.7. The van der Waals surface area contributed by atoms with E-state index >= 15 is 0 Å². The number of urea groups is 1. The lowest BCUT2D eigenvalue weighted by atomic mass is 10.1. The highest BCUT2D eigenvalue weighted by Crippen LogP contribution is 2.17. The van der Waals surface area contributed by atoms with Crippen LogP contribution >= 0.6 is 0 Å². The van der Waals surface area contributed by atoms with E-state index in [0.717, 1.165) is 11.3 Å². The molecule has 1 unspecified atom stereocenters. The molecule has 1 aromatic heterocycles. The molecular formula is C14H18N4O2. The number of hydrogen-bond donors (Lipinski definition) is 3. The standard InChI is InChI=1S/C14H18N4O2/c1-9-7-13(18(3)17-9)16-14(20)15-12-6-4-5-11(8-12)10(2)19/h4-8,10,19H,1-3H3,(H2,15,16,20). The SMILES string of the molecule is Cc1cc(NC(=O)Nc2cccc(C(C)O)c2)n(C)n1. The zero-order valence-corrected chi connectivity index (χ0v) is 11.7. The monoisotopic (exact) mass is 274 g/mol. The van der Waals surface area contributed by atoms with Crippen molar-refractivity contribution >= 4 is 17.5 Å². The average Bonchev–Trinajstić information content (AvgIpc) is 2.67. The lowest BCUT2D eigenvalue weighted by molar-refractivity contribution is 0.199. The first-order valence-electron chi connectivity index (χ1n) is 6.32. The molecule has 2 rings (SSSR count). The van der Waals surface area contributed by atoms with Crippen LogP contribution in [0.4, 0.5) is 16.3 Å². The molecule has 6 nitrogen and oxygen atoms in total. The van der Waals surface area contributed by atoms with E-state index in [9.17, 15) is 9.90 Å². The van der Waals surface area contributed by atoms with Gasteiger partial charge in [-0.25, -0.2) is 4.79 Å². The molecule has 0 radical (unpaired) electrons. The summed E-state index contributed by atoms with van der Waals surface area (Å²) in [5, 5.41) is 19.1. The van der Waals surface area contributed by atoms with Crippen LogP contribution in [0.3, 0.4) is 0 Å². The van der Waals surface area contributed by atoms with Crippen LogP contribution in [0, 0.1) is 6.92 Å². The molecule has 0 aliphatic heterocycles. The van der Waals surface area contributed by atoms with E-state index in [-0.39, 0.29) is 6.03 Å². The van der Waals surface area contributed by atoms with Gasteiger partial charge in [0.1, 0.15) is 5.82 Å². The average molecular weight is 274 g/mol. The Kier molecular flexibility index (Phi) is 4.05. The Morgan fingerprint density at radius 3 is 2.70 bits per heavy atom. The Morgan fingerprint density at radius 2 is 2.10 bits per heavy atom. The Bertz CT molecular complexity index is 619. The summed E-state index contributed by atoms with van der Waals surface area (Å²) in [6.45, 7) is 3.53. The number of rotatable bonds is 3. The van der Waals surface area contributed by atoms with Crippen LogP contribution in [0.25, 0.3) is 0 Å². The number of benzene rings is 1. The number of carbonyl (C=O) groups excluding carboxylic acids is 1. The van der Waals surface area contributed by atoms with Gasteiger partial charge in [-0.05, 0) is 31.5 Å². The number of carbonyl (C=O) groups is 1. The molecule has 0 saturated carbocycles. The molecule has 2 amide bonds. The van der Waals surface area contributed by atoms with Crippen molar-refractivity contribution in [2.24, 2.45) is 7.05 Å². The molecule has 0 saturated heterocycles. The van der Waals surface area contributed by atoms with E-state index in [4.69, 9.17) is 0 Å². The van der Waals surface area contributed by atoms with Crippen LogP contribution in [0.2, 0.25) is 0 Å². The minimum atomic E-state index is -0.570. The number of aliphatic hydroxyl groups excluding tert-OH is 1. The molecule has 0 bridgehead atoms. The summed E-state index contributed by atoms with van der Waals surface area (Å²) in [5.74, 6) is 0.617. The highest BCUT2D eigenvalue weighted by molar-refractivity contribution is 5.99. The second-order valence-corrected chi connectivity index (χ2v) is 4.68. The van der Waals surface area contributed by atoms with Gasteiger partial charge in [0, 0.05) is 18.8 Å². The maximum absolute atomic E-state index is 11.9. The molecule has 1 aromatic carbocycles. The number of aliphatic hydroxyl groups is 1. The van der Waals surface area contributed by atoms with Crippen LogP contribution < -0.4 is 10.6 Å². The molecule has 0 spiro atoms. The van der Waals surface area contributed by atoms with Crippen molar-refractivity contribution in [2.75, 3.05) is 10.6 Å². The maximum atomic E-state index is 11.9. The summed E-state index contributed by atoms with van der Waals surface area (Å²) >= 11 is 0. The van der Waals surface area contributed by atoms with Gasteiger partial charge < -0.3 is 10.4 Å². The number of amides is 2. The summed E-state index contributed by atoms with van der Waals surface area (Å²) in [5.41, 5.74) is 2.21. The fourth-order valence-electron chi connectivity index (χ4n) is 1.88. The fraction of sp³-hybridized carbons (Fsp3) is 0.286. The van der Waals surface area contributed by atoms with Crippen molar-refractivity contribution in [3.63, 3.8) is 0 Å². The third-order valence-corrected chi connectivity index (χ3v) is 2.87. The third-order valence-electron chi connectivity index (χ3n) is 2.87. The Balaban J connectivity index is 2.04. The third kappa shape index (κ3) is 3.36. The summed E-state index contributed by atoms with van der Waals surface area (Å²) in [6, 6.07) is 8.52. The normalized spacial score (nSPS) is 12.0. The fourth-order valence-corrected chi connectivity index (χ4v) is 1.88. The molecule has 106 valence electrons. The van der Waals surface area contributed by atoms with Gasteiger partial charge in [0.2, 0.25) is 0 Å². The Morgan fingerprint density at radius 1 is 1.35 bits per heavy atom. The highest BCUT2D eigenvalue weighted by atomic mass is 16.3. The van der Waals surface area contributed by atoms with Gasteiger partial charge in [-0.1, -0.05) is 12.1 Å². The topological polar surface area (TPSA) is 79.2 Å². The summed E-state index contributed by atoms with van der Waals surface area (Å²) in [4.78, 5) is 11.9. The minimum Gasteiger partial charge on any atom is -0.389 e. The summed E-state index contributed by atoms with van der Waals surface area (Å²) in [7, 11) is 1.76. The first-order chi connectivity index (χ1) is 9.45. The molecule has 0 aliphatic carbocycles. The van der Waals surface area contributed by atoms with Gasteiger partial charge >= 0.3 is 6.03 Å². The Hall–Kier alpha value is -2.34. The second-order valence-electron chi connectivity index (χ2n) is 4.68. The van der Waals surface area contributed by atoms with Crippen molar-refractivity contribution in [1.82, 2.24) is 9.78 Å². The van der Waals surface area contributed by atoms with Gasteiger partial charge in [0.25, 0.3) is 0 Å². The van der Waals surface area contributed by atoms with E-state index in [0.29, 0.717) is 11.5 Å². The number of aryl methyl sites for hydroxylation is 2. The van der Waals surface area contributed by atoms with Gasteiger partial charge in [0.05, 0.1) is 11.8 Å². The molecule has 1 atom stereocenters. The van der Waals surface area contributed by atoms with E-state index in [1.807, 2.05) is 6.92 Å². The largest absolute Gasteiger partial charge is 0.389 e. The van der Waals surface area contributed by atoms with E-state index in [1.54, 1.807) is 49.0 Å². The van der Waals surface area contributed by atoms with Gasteiger partial charge in [-0.15, -0.1) is 0 Å². The van der Waals surface area contributed by atoms with Crippen molar-refractivity contribution in [2.45, 2.75) is 20.0 Å². The number of anilines is 2. The predicted octanol–water partition coefficient (Wildman–Crippen LogP) is 2.43. The molecule has 0 aliphatic rings. The van der Waals surface area contributed by atoms with Crippen LogP contribution in [-0.2, 0) is 7.05 Å². The van der Waals surface area contributed by atoms with Gasteiger partial charge in [0.15, 0.2) is 0 Å². The minimum absolute atomic E-state index is 0.351. The van der Waals surface area contributed by atoms with E-state index in [2.05, 4.69) is 15.7 Å². The van der Waals surface area contributed by atoms with E-state index < -0.39 is 6.10 Å². The first-order valence-corrected chi connectivity index (χ1v) is 6.32. The zero-order valence-electron chi connectivity index (χ0n) is 11.7. The molecule has 2 aromatic rings. The number of hydrogen-bond acceptors (Lipinski definition) is 3. The summed E-state index contributed by atoms with van der Waals surface area (Å²) < 4.78 is 1.60. The quantitative estimate of drug-likeness (QED) is 0.804. The Labute approximate surface area is 117 Å². The molecule has 0 fully saturated rings. The predicted molar refractivity (Wildman–Crippen MR) is 77.7 cm³/mol. The lowest BCUT2D eigenvalue weighted by Gasteiger charge is -2.10. The molecule has 3 N–H and O–H groups in total. The number of aromatic nitrogens is 2. The van der Waals surface area contributed by atoms with Crippen LogP contribution in [0.15, 0.2) is 30.3 Å². The molecular weight excluding hydrogens is 256 g/mol. The van der Waals surface area contributed by atoms with E-state index in [1.165, 1.54) is 0 Å². The molecule has 1 heterocycles. The first kappa shape index (κ1) is 14.1. The van der Waals surface area contributed by atoms with Gasteiger partial charge in [-0.2, -0.15) is 5.10 Å². The van der Waals surface area contributed by atoms with Gasteiger partial charge in [-0.3, -0.25) is 10.00 Å². The number of nitrogens with zero attached hydrogens (tertiary/aromatic N) is 2. The van der Waals surface area contributed by atoms with Crippen molar-refractivity contribution in [3.8, 4) is 0 Å². The molecule has 6 heteroatoms. The van der Waals surface area contributed by atoms with Crippen LogP contribution in [-0.4, -0.2) is 20.9 Å². The van der Waals surface area contributed by atoms with Crippen molar-refractivity contribution < 1.29 is 9.90 Å². The van der Waals surface area contributed by atoms with Crippen molar-refractivity contribution in [3.05, 3.63) is 41.6 Å². The van der Waals surface area contributed by atoms with Crippen molar-refractivity contribution in [1.29, 1.82) is 0 Å². The number of nitrogens with one attached hydrogen (secondary N) is 2. The summed E-state index contributed by atoms with van der Waals surface area (Å²) in [6.07, 6.45) is -0.570. The highest BCUT2D eigenvalue weighted by Gasteiger charge is 2.08. The molecule has 20 heavy (non-hydrogen) atoms. The maximum Gasteiger partial charge on any atom is 0.324 e. The lowest BCUT2D eigenvalue weighted by Crippen LogP contribution is -2.21. The van der Waals surface area contributed by atoms with Crippen LogP contribution in [0.1, 0.15) is 24.3 Å². The van der Waals surface area contributed by atoms with Crippen LogP contribution in [0.5, 0.6) is 0 Å².